The van der Waals surface area contributed by atoms with E-state index >= 15 is 0 Å². The molecule has 0 radical (unpaired) electrons. The predicted molar refractivity (Wildman–Crippen MR) is 163 cm³/mol. The van der Waals surface area contributed by atoms with E-state index in [1.54, 1.807) is 24.3 Å². The molecule has 5 aromatic rings. The van der Waals surface area contributed by atoms with Crippen LogP contribution in [0.15, 0.2) is 108 Å². The van der Waals surface area contributed by atoms with Gasteiger partial charge in [0.2, 0.25) is 0 Å². The largest absolute Gasteiger partial charge is 0.505 e. The van der Waals surface area contributed by atoms with Crippen LogP contribution >= 0.6 is 0 Å². The Bertz CT molecular complexity index is 2450. The van der Waals surface area contributed by atoms with Crippen LogP contribution in [0, 0.1) is 0 Å². The summed E-state index contributed by atoms with van der Waals surface area (Å²) in [7, 11) is -14.8. The molecule has 0 unspecified atom stereocenters. The summed E-state index contributed by atoms with van der Waals surface area (Å²) in [5, 5.41) is 26.8. The van der Waals surface area contributed by atoms with Crippen molar-refractivity contribution in [1.82, 2.24) is 0 Å². The topological polar surface area (TPSA) is 285 Å². The number of azo groups is 2. The van der Waals surface area contributed by atoms with Crippen molar-refractivity contribution in [1.29, 1.82) is 0 Å². The van der Waals surface area contributed by atoms with Crippen LogP contribution in [0.1, 0.15) is 0 Å². The average Bonchev–Trinajstić information content (AvgIpc) is 2.94. The third-order valence-electron chi connectivity index (χ3n) is 6.42. The van der Waals surface area contributed by atoms with Gasteiger partial charge in [0.1, 0.15) is 15.5 Å². The maximum atomic E-state index is 12.0. The Labute approximate surface area is 254 Å². The van der Waals surface area contributed by atoms with Crippen molar-refractivity contribution in [3.63, 3.8) is 0 Å². The molecule has 0 aromatic heterocycles. The molecule has 0 spiro atoms. The lowest BCUT2D eigenvalue weighted by Gasteiger charge is -2.13. The first-order chi connectivity index (χ1) is 20.9. The van der Waals surface area contributed by atoms with Crippen LogP contribution in [-0.2, 0) is 30.4 Å². The molecule has 0 amide bonds. The SMILES string of the molecule is Nc1cccc(/N=N/c2ccc(/N=N/c3ccc4c(S(=O)(=O)O)cc(S(=O)(=O)O)c(N)c4c3O)c3cc(S(=O)(=O)O)ccc23)c1. The summed E-state index contributed by atoms with van der Waals surface area (Å²) in [5.74, 6) is -0.861. The number of anilines is 2. The van der Waals surface area contributed by atoms with Crippen molar-refractivity contribution in [2.45, 2.75) is 14.7 Å². The molecule has 16 nitrogen and oxygen atoms in total. The molecule has 0 atom stereocenters. The normalized spacial score (nSPS) is 13.0. The minimum Gasteiger partial charge on any atom is -0.505 e. The highest BCUT2D eigenvalue weighted by molar-refractivity contribution is 7.87. The second kappa shape index (κ2) is 11.1. The van der Waals surface area contributed by atoms with Gasteiger partial charge in [0.05, 0.1) is 33.0 Å². The number of aromatic hydroxyl groups is 1. The molecular formula is C26H20N6O10S3. The molecule has 5 aromatic carbocycles. The zero-order valence-corrected chi connectivity index (χ0v) is 24.8. The third kappa shape index (κ3) is 6.29. The Balaban J connectivity index is 1.69. The monoisotopic (exact) mass is 672 g/mol. The van der Waals surface area contributed by atoms with E-state index in [1.165, 1.54) is 18.2 Å². The summed E-state index contributed by atoms with van der Waals surface area (Å²) in [4.78, 5) is -2.54. The molecule has 0 aliphatic rings. The average molecular weight is 673 g/mol. The van der Waals surface area contributed by atoms with E-state index in [2.05, 4.69) is 20.5 Å². The predicted octanol–water partition coefficient (Wildman–Crippen LogP) is 5.43. The zero-order chi connectivity index (χ0) is 32.9. The van der Waals surface area contributed by atoms with Crippen molar-refractivity contribution >= 4 is 86.0 Å². The second-order valence-electron chi connectivity index (χ2n) is 9.37. The number of hydrogen-bond acceptors (Lipinski definition) is 13. The Kier molecular flexibility index (Phi) is 7.77. The summed E-state index contributed by atoms with van der Waals surface area (Å²) in [6.45, 7) is 0. The zero-order valence-electron chi connectivity index (χ0n) is 22.3. The van der Waals surface area contributed by atoms with Gasteiger partial charge in [0, 0.05) is 21.8 Å². The smallest absolute Gasteiger partial charge is 0.296 e. The number of phenols is 1. The lowest BCUT2D eigenvalue weighted by molar-refractivity contribution is 0.478. The highest BCUT2D eigenvalue weighted by atomic mass is 32.2. The molecule has 0 fully saturated rings. The fourth-order valence-corrected chi connectivity index (χ4v) is 6.34. The first kappa shape index (κ1) is 31.4. The van der Waals surface area contributed by atoms with Gasteiger partial charge in [-0.2, -0.15) is 30.4 Å². The van der Waals surface area contributed by atoms with E-state index in [9.17, 15) is 44.0 Å². The summed E-state index contributed by atoms with van der Waals surface area (Å²) < 4.78 is 100. The van der Waals surface area contributed by atoms with Crippen LogP contribution in [0.5, 0.6) is 5.75 Å². The van der Waals surface area contributed by atoms with Crippen molar-refractivity contribution in [2.75, 3.05) is 11.5 Å². The Hall–Kier alpha value is -5.05. The van der Waals surface area contributed by atoms with Gasteiger partial charge in [-0.15, -0.1) is 15.3 Å². The number of hydrogen-bond donors (Lipinski definition) is 6. The lowest BCUT2D eigenvalue weighted by Crippen LogP contribution is -2.08. The maximum Gasteiger partial charge on any atom is 0.296 e. The van der Waals surface area contributed by atoms with E-state index in [-0.39, 0.29) is 22.4 Å². The summed E-state index contributed by atoms with van der Waals surface area (Å²) in [6.07, 6.45) is 0. The highest BCUT2D eigenvalue weighted by Gasteiger charge is 2.26. The summed E-state index contributed by atoms with van der Waals surface area (Å²) >= 11 is 0. The quantitative estimate of drug-likeness (QED) is 0.0716. The minimum atomic E-state index is -5.12. The molecule has 5 rings (SSSR count). The molecule has 0 aliphatic carbocycles. The first-order valence-electron chi connectivity index (χ1n) is 12.2. The first-order valence-corrected chi connectivity index (χ1v) is 16.5. The summed E-state index contributed by atoms with van der Waals surface area (Å²) in [5.41, 5.74) is 11.7. The number of nitrogens with two attached hydrogens (primary N) is 2. The number of nitrogen functional groups attached to an aromatic ring is 2. The van der Waals surface area contributed by atoms with Crippen molar-refractivity contribution in [2.24, 2.45) is 20.5 Å². The van der Waals surface area contributed by atoms with Gasteiger partial charge in [-0.1, -0.05) is 18.2 Å². The number of rotatable bonds is 7. The van der Waals surface area contributed by atoms with Gasteiger partial charge < -0.3 is 16.6 Å². The fraction of sp³-hybridized carbons (Fsp3) is 0. The highest BCUT2D eigenvalue weighted by Crippen LogP contribution is 2.44. The van der Waals surface area contributed by atoms with Crippen LogP contribution in [0.4, 0.5) is 34.1 Å². The molecule has 19 heteroatoms. The van der Waals surface area contributed by atoms with Crippen LogP contribution < -0.4 is 11.5 Å². The lowest BCUT2D eigenvalue weighted by atomic mass is 10.1. The van der Waals surface area contributed by atoms with Crippen LogP contribution in [0.25, 0.3) is 21.5 Å². The van der Waals surface area contributed by atoms with Crippen LogP contribution in [0.2, 0.25) is 0 Å². The van der Waals surface area contributed by atoms with Crippen molar-refractivity contribution < 1.29 is 44.0 Å². The maximum absolute atomic E-state index is 12.0. The van der Waals surface area contributed by atoms with Crippen LogP contribution in [0.3, 0.4) is 0 Å². The van der Waals surface area contributed by atoms with Gasteiger partial charge in [0.15, 0.2) is 5.75 Å². The molecule has 0 saturated carbocycles. The molecule has 0 saturated heterocycles. The molecule has 0 heterocycles. The Morgan fingerprint density at radius 3 is 1.76 bits per heavy atom. The number of phenolic OH excluding ortho intramolecular Hbond substituents is 1. The van der Waals surface area contributed by atoms with Gasteiger partial charge in [-0.05, 0) is 54.6 Å². The number of fused-ring (bicyclic) bond motifs is 2. The molecule has 0 aliphatic heterocycles. The molecule has 0 bridgehead atoms. The van der Waals surface area contributed by atoms with Crippen molar-refractivity contribution in [3.8, 4) is 5.75 Å². The standard InChI is InChI=1S/C26H20N6O10S3/c27-13-2-1-3-14(10-13)29-30-19-8-9-20(18-11-15(43(34,35)36)4-5-16(18)19)31-32-21-7-6-17-22(44(37,38)39)12-23(45(40,41)42)25(28)24(17)26(21)33/h1-12,33H,27-28H2,(H,34,35,36)(H,37,38,39)(H,40,41,42)/b30-29+,32-31+. The van der Waals surface area contributed by atoms with Gasteiger partial charge in [-0.3, -0.25) is 13.7 Å². The third-order valence-corrected chi connectivity index (χ3v) is 9.06. The number of benzene rings is 5. The van der Waals surface area contributed by atoms with E-state index in [0.29, 0.717) is 22.8 Å². The minimum absolute atomic E-state index is 0.0104. The van der Waals surface area contributed by atoms with Gasteiger partial charge >= 0.3 is 0 Å². The van der Waals surface area contributed by atoms with Crippen LogP contribution in [-0.4, -0.2) is 44.0 Å². The second-order valence-corrected chi connectivity index (χ2v) is 13.6. The van der Waals surface area contributed by atoms with Gasteiger partial charge in [-0.25, -0.2) is 0 Å². The van der Waals surface area contributed by atoms with E-state index in [1.807, 2.05) is 0 Å². The Morgan fingerprint density at radius 2 is 1.13 bits per heavy atom. The Morgan fingerprint density at radius 1 is 0.556 bits per heavy atom. The molecule has 8 N–H and O–H groups in total. The van der Waals surface area contributed by atoms with Crippen molar-refractivity contribution in [3.05, 3.63) is 72.8 Å². The van der Waals surface area contributed by atoms with E-state index in [4.69, 9.17) is 11.5 Å². The molecule has 232 valence electrons. The number of nitrogens with zero attached hydrogens (tertiary/aromatic N) is 4. The van der Waals surface area contributed by atoms with Gasteiger partial charge in [0.25, 0.3) is 30.4 Å². The molecule has 45 heavy (non-hydrogen) atoms. The molecular weight excluding hydrogens is 653 g/mol. The summed E-state index contributed by atoms with van der Waals surface area (Å²) in [6, 6.07) is 15.6. The van der Waals surface area contributed by atoms with E-state index in [0.717, 1.165) is 24.3 Å². The van der Waals surface area contributed by atoms with E-state index < -0.39 is 67.3 Å². The fourth-order valence-electron chi connectivity index (χ4n) is 4.40.